The van der Waals surface area contributed by atoms with Crippen molar-refractivity contribution in [3.63, 3.8) is 0 Å². The molecular weight excluding hydrogens is 218 g/mol. The number of H-pyrrole nitrogens is 1. The Morgan fingerprint density at radius 2 is 2.18 bits per heavy atom. The fourth-order valence-electron chi connectivity index (χ4n) is 1.78. The number of carbonyl (C=O) groups is 1. The molecule has 0 aliphatic heterocycles. The summed E-state index contributed by atoms with van der Waals surface area (Å²) in [6, 6.07) is 5.74. The van der Waals surface area contributed by atoms with Crippen molar-refractivity contribution in [1.29, 1.82) is 0 Å². The van der Waals surface area contributed by atoms with Crippen LogP contribution in [0.4, 0.5) is 0 Å². The van der Waals surface area contributed by atoms with Crippen molar-refractivity contribution in [1.82, 2.24) is 4.98 Å². The number of fused-ring (bicyclic) bond motifs is 1. The first-order chi connectivity index (χ1) is 8.10. The van der Waals surface area contributed by atoms with Gasteiger partial charge in [-0.05, 0) is 36.8 Å². The van der Waals surface area contributed by atoms with E-state index in [1.165, 1.54) is 6.08 Å². The molecule has 0 bridgehead atoms. The summed E-state index contributed by atoms with van der Waals surface area (Å²) >= 11 is 0. The number of carboxylic acid groups (broad SMARTS) is 1. The number of carboxylic acids is 1. The Balaban J connectivity index is 2.50. The second-order valence-electron chi connectivity index (χ2n) is 3.80. The molecule has 0 spiro atoms. The number of ether oxygens (including phenoxy) is 1. The lowest BCUT2D eigenvalue weighted by molar-refractivity contribution is -0.131. The molecule has 0 aliphatic rings. The third-order valence-electron chi connectivity index (χ3n) is 2.56. The van der Waals surface area contributed by atoms with Crippen LogP contribution in [0.5, 0.6) is 5.75 Å². The maximum Gasteiger partial charge on any atom is 0.328 e. The fraction of sp³-hybridized carbons (Fsp3) is 0.154. The highest BCUT2D eigenvalue weighted by atomic mass is 16.5. The second-order valence-corrected chi connectivity index (χ2v) is 3.80. The van der Waals surface area contributed by atoms with Crippen molar-refractivity contribution in [3.05, 3.63) is 35.5 Å². The maximum atomic E-state index is 10.4. The van der Waals surface area contributed by atoms with Gasteiger partial charge in [0.05, 0.1) is 7.11 Å². The summed E-state index contributed by atoms with van der Waals surface area (Å²) in [6.45, 7) is 1.98. The maximum absolute atomic E-state index is 10.4. The van der Waals surface area contributed by atoms with Crippen LogP contribution in [0.3, 0.4) is 0 Å². The van der Waals surface area contributed by atoms with Crippen LogP contribution >= 0.6 is 0 Å². The lowest BCUT2D eigenvalue weighted by Crippen LogP contribution is -1.85. The number of rotatable bonds is 3. The monoisotopic (exact) mass is 231 g/mol. The van der Waals surface area contributed by atoms with Gasteiger partial charge in [0.2, 0.25) is 0 Å². The van der Waals surface area contributed by atoms with E-state index in [9.17, 15) is 4.79 Å². The third kappa shape index (κ3) is 2.30. The predicted molar refractivity (Wildman–Crippen MR) is 66.3 cm³/mol. The van der Waals surface area contributed by atoms with Crippen LogP contribution in [-0.2, 0) is 4.79 Å². The molecule has 0 saturated heterocycles. The number of nitrogens with one attached hydrogen (secondary N) is 1. The Bertz CT molecular complexity index is 596. The minimum Gasteiger partial charge on any atom is -0.497 e. The highest BCUT2D eigenvalue weighted by Crippen LogP contribution is 2.25. The van der Waals surface area contributed by atoms with E-state index in [0.717, 1.165) is 34.0 Å². The number of methoxy groups -OCH3 is 1. The number of aromatic amines is 1. The molecule has 1 aromatic heterocycles. The molecule has 0 radical (unpaired) electrons. The Labute approximate surface area is 98.5 Å². The quantitative estimate of drug-likeness (QED) is 0.798. The molecule has 2 aromatic rings. The summed E-state index contributed by atoms with van der Waals surface area (Å²) in [5.41, 5.74) is 2.82. The van der Waals surface area contributed by atoms with Crippen molar-refractivity contribution in [2.24, 2.45) is 0 Å². The average Bonchev–Trinajstić information content (AvgIpc) is 2.69. The van der Waals surface area contributed by atoms with Gasteiger partial charge < -0.3 is 14.8 Å². The Kier molecular flexibility index (Phi) is 2.87. The van der Waals surface area contributed by atoms with Crippen LogP contribution in [0, 0.1) is 6.92 Å². The molecule has 0 fully saturated rings. The first kappa shape index (κ1) is 11.3. The normalized spacial score (nSPS) is 11.2. The molecule has 0 atom stereocenters. The van der Waals surface area contributed by atoms with Crippen LogP contribution in [0.2, 0.25) is 0 Å². The molecule has 17 heavy (non-hydrogen) atoms. The Morgan fingerprint density at radius 3 is 2.82 bits per heavy atom. The number of aromatic nitrogens is 1. The van der Waals surface area contributed by atoms with E-state index in [2.05, 4.69) is 4.98 Å². The number of aliphatic carboxylic acids is 1. The first-order valence-electron chi connectivity index (χ1n) is 5.18. The minimum atomic E-state index is -0.960. The lowest BCUT2D eigenvalue weighted by Gasteiger charge is -2.01. The van der Waals surface area contributed by atoms with Gasteiger partial charge in [-0.1, -0.05) is 0 Å². The second kappa shape index (κ2) is 4.33. The molecule has 0 unspecified atom stereocenters. The van der Waals surface area contributed by atoms with Crippen molar-refractivity contribution in [3.8, 4) is 5.75 Å². The summed E-state index contributed by atoms with van der Waals surface area (Å²) < 4.78 is 5.18. The summed E-state index contributed by atoms with van der Waals surface area (Å²) in [5, 5.41) is 9.57. The summed E-state index contributed by atoms with van der Waals surface area (Å²) in [4.78, 5) is 13.6. The van der Waals surface area contributed by atoms with Gasteiger partial charge in [-0.2, -0.15) is 0 Å². The molecule has 4 heteroatoms. The molecule has 1 heterocycles. The average molecular weight is 231 g/mol. The number of benzene rings is 1. The van der Waals surface area contributed by atoms with Crippen molar-refractivity contribution in [2.45, 2.75) is 6.92 Å². The van der Waals surface area contributed by atoms with Crippen LogP contribution < -0.4 is 4.74 Å². The van der Waals surface area contributed by atoms with Gasteiger partial charge in [-0.25, -0.2) is 4.79 Å². The molecule has 4 nitrogen and oxygen atoms in total. The largest absolute Gasteiger partial charge is 0.497 e. The molecular formula is C13H13NO3. The van der Waals surface area contributed by atoms with Crippen LogP contribution in [0.25, 0.3) is 17.0 Å². The Hall–Kier alpha value is -2.23. The zero-order chi connectivity index (χ0) is 12.4. The highest BCUT2D eigenvalue weighted by molar-refractivity contribution is 5.89. The molecule has 1 aromatic carbocycles. The Morgan fingerprint density at radius 1 is 1.41 bits per heavy atom. The highest BCUT2D eigenvalue weighted by Gasteiger charge is 2.04. The van der Waals surface area contributed by atoms with E-state index in [4.69, 9.17) is 9.84 Å². The van der Waals surface area contributed by atoms with E-state index >= 15 is 0 Å². The van der Waals surface area contributed by atoms with Crippen molar-refractivity contribution >= 4 is 22.9 Å². The number of hydrogen-bond donors (Lipinski definition) is 2. The molecule has 0 aliphatic carbocycles. The van der Waals surface area contributed by atoms with E-state index < -0.39 is 5.97 Å². The molecule has 0 amide bonds. The topological polar surface area (TPSA) is 62.3 Å². The van der Waals surface area contributed by atoms with Gasteiger partial charge in [0.25, 0.3) is 0 Å². The summed E-state index contributed by atoms with van der Waals surface area (Å²) in [5.74, 6) is -0.166. The van der Waals surface area contributed by atoms with Crippen molar-refractivity contribution < 1.29 is 14.6 Å². The fourth-order valence-corrected chi connectivity index (χ4v) is 1.78. The van der Waals surface area contributed by atoms with Crippen molar-refractivity contribution in [2.75, 3.05) is 7.11 Å². The van der Waals surface area contributed by atoms with Crippen LogP contribution in [0.1, 0.15) is 11.3 Å². The molecule has 0 saturated carbocycles. The number of hydrogen-bond acceptors (Lipinski definition) is 2. The van der Waals surface area contributed by atoms with Crippen LogP contribution in [0.15, 0.2) is 24.3 Å². The molecule has 2 rings (SSSR count). The third-order valence-corrected chi connectivity index (χ3v) is 2.56. The molecule has 2 N–H and O–H groups in total. The minimum absolute atomic E-state index is 0.763. The summed E-state index contributed by atoms with van der Waals surface area (Å²) in [6.07, 6.45) is 2.64. The van der Waals surface area contributed by atoms with Gasteiger partial charge >= 0.3 is 5.97 Å². The standard InChI is InChI=1S/C13H13NO3/c1-8-5-11(17-2)7-9-6-10(14-13(8)9)3-4-12(15)16/h3-7,14H,1-2H3,(H,15,16)/b4-3+. The summed E-state index contributed by atoms with van der Waals surface area (Å²) in [7, 11) is 1.62. The smallest absolute Gasteiger partial charge is 0.328 e. The zero-order valence-corrected chi connectivity index (χ0v) is 9.65. The number of aryl methyl sites for hydroxylation is 1. The van der Waals surface area contributed by atoms with Gasteiger partial charge in [0.15, 0.2) is 0 Å². The van der Waals surface area contributed by atoms with Gasteiger partial charge in [0, 0.05) is 22.7 Å². The SMILES string of the molecule is COc1cc(C)c2[nH]c(/C=C/C(=O)O)cc2c1. The van der Waals surface area contributed by atoms with E-state index in [1.807, 2.05) is 25.1 Å². The van der Waals surface area contributed by atoms with E-state index in [-0.39, 0.29) is 0 Å². The van der Waals surface area contributed by atoms with Crippen LogP contribution in [-0.4, -0.2) is 23.2 Å². The predicted octanol–water partition coefficient (Wildman–Crippen LogP) is 2.58. The van der Waals surface area contributed by atoms with Gasteiger partial charge in [0.1, 0.15) is 5.75 Å². The van der Waals surface area contributed by atoms with Gasteiger partial charge in [-0.3, -0.25) is 0 Å². The van der Waals surface area contributed by atoms with E-state index in [0.29, 0.717) is 0 Å². The van der Waals surface area contributed by atoms with E-state index in [1.54, 1.807) is 7.11 Å². The first-order valence-corrected chi connectivity index (χ1v) is 5.18. The molecule has 88 valence electrons. The lowest BCUT2D eigenvalue weighted by atomic mass is 10.1. The zero-order valence-electron chi connectivity index (χ0n) is 9.65. The van der Waals surface area contributed by atoms with Gasteiger partial charge in [-0.15, -0.1) is 0 Å².